The van der Waals surface area contributed by atoms with E-state index in [1.54, 1.807) is 45.0 Å². The Morgan fingerprint density at radius 2 is 1.94 bits per heavy atom. The monoisotopic (exact) mass is 460 g/mol. The molecule has 8 nitrogen and oxygen atoms in total. The fourth-order valence-corrected chi connectivity index (χ4v) is 5.28. The average Bonchev–Trinajstić information content (AvgIpc) is 2.75. The lowest BCUT2D eigenvalue weighted by atomic mass is 9.97. The van der Waals surface area contributed by atoms with Crippen molar-refractivity contribution in [1.29, 1.82) is 0 Å². The summed E-state index contributed by atoms with van der Waals surface area (Å²) in [5, 5.41) is 9.78. The number of carbonyl (C=O) groups excluding carboxylic acids is 1. The molecule has 2 aromatic carbocycles. The van der Waals surface area contributed by atoms with E-state index >= 15 is 0 Å². The van der Waals surface area contributed by atoms with E-state index in [0.717, 1.165) is 12.0 Å². The van der Waals surface area contributed by atoms with Gasteiger partial charge in [-0.1, -0.05) is 12.1 Å². The summed E-state index contributed by atoms with van der Waals surface area (Å²) in [6, 6.07) is 9.57. The summed E-state index contributed by atoms with van der Waals surface area (Å²) in [5.74, 6) is -1.79. The van der Waals surface area contributed by atoms with Crippen LogP contribution in [0.5, 0.6) is 0 Å². The molecule has 0 amide bonds. The number of aryl methyl sites for hydroxylation is 2. The number of hydrogen-bond donors (Lipinski definition) is 2. The number of aromatic carboxylic acids is 1. The van der Waals surface area contributed by atoms with Crippen LogP contribution in [0.1, 0.15) is 41.3 Å². The van der Waals surface area contributed by atoms with Gasteiger partial charge >= 0.3 is 11.9 Å². The molecule has 0 aliphatic carbocycles. The normalized spacial score (nSPS) is 16.5. The van der Waals surface area contributed by atoms with Crippen molar-refractivity contribution in [2.24, 2.45) is 5.92 Å². The van der Waals surface area contributed by atoms with Gasteiger partial charge in [0.2, 0.25) is 0 Å². The maximum atomic E-state index is 12.9. The zero-order valence-corrected chi connectivity index (χ0v) is 19.2. The summed E-state index contributed by atoms with van der Waals surface area (Å²) in [6.45, 7) is 6.51. The van der Waals surface area contributed by atoms with Crippen molar-refractivity contribution < 1.29 is 27.9 Å². The van der Waals surface area contributed by atoms with E-state index in [-0.39, 0.29) is 28.0 Å². The second-order valence-electron chi connectivity index (χ2n) is 7.95. The Bertz CT molecular complexity index is 1130. The van der Waals surface area contributed by atoms with E-state index in [2.05, 4.69) is 4.72 Å². The summed E-state index contributed by atoms with van der Waals surface area (Å²) in [5.41, 5.74) is 1.97. The van der Waals surface area contributed by atoms with E-state index in [4.69, 9.17) is 4.74 Å². The van der Waals surface area contributed by atoms with Gasteiger partial charge in [-0.3, -0.25) is 9.52 Å². The second-order valence-corrected chi connectivity index (χ2v) is 9.60. The van der Waals surface area contributed by atoms with Crippen LogP contribution >= 0.6 is 0 Å². The molecule has 9 heteroatoms. The minimum absolute atomic E-state index is 0.0318. The predicted molar refractivity (Wildman–Crippen MR) is 122 cm³/mol. The molecule has 0 aromatic heterocycles. The molecule has 0 bridgehead atoms. The molecule has 32 heavy (non-hydrogen) atoms. The molecule has 0 unspecified atom stereocenters. The van der Waals surface area contributed by atoms with Crippen molar-refractivity contribution in [1.82, 2.24) is 0 Å². The largest absolute Gasteiger partial charge is 0.478 e. The highest BCUT2D eigenvalue weighted by Crippen LogP contribution is 2.30. The number of carboxylic acids is 1. The molecule has 0 radical (unpaired) electrons. The molecule has 1 atom stereocenters. The molecule has 1 aliphatic rings. The SMILES string of the molecule is CCOC(=O)[C@H]1CCCN(c2ccc(NS(=O)(=O)c3cc(C)ccc3C)cc2C(=O)O)C1. The standard InChI is InChI=1S/C23H28N2O6S/c1-4-31-23(28)17-6-5-11-25(14-17)20-10-9-18(13-19(20)22(26)27)24-32(29,30)21-12-15(2)7-8-16(21)3/h7-10,12-13,17,24H,4-6,11,14H2,1-3H3,(H,26,27)/t17-/m0/s1. The number of rotatable bonds is 7. The number of carboxylic acid groups (broad SMARTS) is 1. The van der Waals surface area contributed by atoms with Gasteiger partial charge in [0.05, 0.1) is 28.7 Å². The molecule has 2 aromatic rings. The van der Waals surface area contributed by atoms with E-state index in [0.29, 0.717) is 37.4 Å². The number of piperidine rings is 1. The average molecular weight is 461 g/mol. The Labute approximate surface area is 188 Å². The first kappa shape index (κ1) is 23.6. The van der Waals surface area contributed by atoms with Gasteiger partial charge in [0.25, 0.3) is 10.0 Å². The van der Waals surface area contributed by atoms with Crippen LogP contribution in [0.4, 0.5) is 11.4 Å². The number of ether oxygens (including phenoxy) is 1. The number of nitrogens with zero attached hydrogens (tertiary/aromatic N) is 1. The molecule has 172 valence electrons. The molecule has 0 spiro atoms. The first-order valence-corrected chi connectivity index (χ1v) is 12.0. The molecule has 2 N–H and O–H groups in total. The smallest absolute Gasteiger partial charge is 0.337 e. The van der Waals surface area contributed by atoms with Crippen LogP contribution in [-0.4, -0.2) is 45.2 Å². The maximum absolute atomic E-state index is 12.9. The number of hydrogen-bond acceptors (Lipinski definition) is 6. The van der Waals surface area contributed by atoms with Crippen molar-refractivity contribution in [3.05, 3.63) is 53.1 Å². The van der Waals surface area contributed by atoms with Crippen LogP contribution in [0.15, 0.2) is 41.3 Å². The minimum Gasteiger partial charge on any atom is -0.478 e. The summed E-state index contributed by atoms with van der Waals surface area (Å²) in [7, 11) is -3.89. The number of anilines is 2. The van der Waals surface area contributed by atoms with Gasteiger partial charge in [-0.25, -0.2) is 13.2 Å². The number of carbonyl (C=O) groups is 2. The molecule has 3 rings (SSSR count). The Morgan fingerprint density at radius 3 is 2.62 bits per heavy atom. The number of sulfonamides is 1. The van der Waals surface area contributed by atoms with E-state index in [1.807, 2.05) is 11.0 Å². The van der Waals surface area contributed by atoms with Crippen LogP contribution in [0, 0.1) is 19.8 Å². The topological polar surface area (TPSA) is 113 Å². The highest BCUT2D eigenvalue weighted by Gasteiger charge is 2.29. The lowest BCUT2D eigenvalue weighted by molar-refractivity contribution is -0.148. The predicted octanol–water partition coefficient (Wildman–Crippen LogP) is 3.58. The lowest BCUT2D eigenvalue weighted by Crippen LogP contribution is -2.40. The van der Waals surface area contributed by atoms with E-state index < -0.39 is 16.0 Å². The molecule has 1 aliphatic heterocycles. The first-order chi connectivity index (χ1) is 15.1. The van der Waals surface area contributed by atoms with Gasteiger partial charge in [-0.15, -0.1) is 0 Å². The molecule has 1 saturated heterocycles. The van der Waals surface area contributed by atoms with Gasteiger partial charge in [-0.2, -0.15) is 0 Å². The third-order valence-electron chi connectivity index (χ3n) is 5.49. The highest BCUT2D eigenvalue weighted by molar-refractivity contribution is 7.92. The van der Waals surface area contributed by atoms with Crippen LogP contribution < -0.4 is 9.62 Å². The fourth-order valence-electron chi connectivity index (χ4n) is 3.90. The molecule has 1 fully saturated rings. The van der Waals surface area contributed by atoms with Crippen molar-refractivity contribution in [3.8, 4) is 0 Å². The van der Waals surface area contributed by atoms with Crippen LogP contribution in [0.2, 0.25) is 0 Å². The summed E-state index contributed by atoms with van der Waals surface area (Å²) in [4.78, 5) is 26.1. The molecular weight excluding hydrogens is 432 g/mol. The third-order valence-corrected chi connectivity index (χ3v) is 7.02. The van der Waals surface area contributed by atoms with Crippen LogP contribution in [-0.2, 0) is 19.6 Å². The third kappa shape index (κ3) is 5.21. The van der Waals surface area contributed by atoms with Crippen molar-refractivity contribution in [3.63, 3.8) is 0 Å². The Hall–Kier alpha value is -3.07. The summed E-state index contributed by atoms with van der Waals surface area (Å²) < 4.78 is 33.4. The number of esters is 1. The van der Waals surface area contributed by atoms with Gasteiger partial charge < -0.3 is 14.7 Å². The lowest BCUT2D eigenvalue weighted by Gasteiger charge is -2.34. The first-order valence-electron chi connectivity index (χ1n) is 10.5. The molecular formula is C23H28N2O6S. The highest BCUT2D eigenvalue weighted by atomic mass is 32.2. The van der Waals surface area contributed by atoms with Crippen molar-refractivity contribution >= 4 is 33.3 Å². The number of benzene rings is 2. The summed E-state index contributed by atoms with van der Waals surface area (Å²) in [6.07, 6.45) is 1.41. The molecule has 0 saturated carbocycles. The Kier molecular flexibility index (Phi) is 7.08. The van der Waals surface area contributed by atoms with Gasteiger partial charge in [0.1, 0.15) is 0 Å². The second kappa shape index (κ2) is 9.60. The van der Waals surface area contributed by atoms with Gasteiger partial charge in [0, 0.05) is 18.8 Å². The van der Waals surface area contributed by atoms with Crippen molar-refractivity contribution in [2.45, 2.75) is 38.5 Å². The van der Waals surface area contributed by atoms with E-state index in [1.165, 1.54) is 6.07 Å². The quantitative estimate of drug-likeness (QED) is 0.607. The Morgan fingerprint density at radius 1 is 1.19 bits per heavy atom. The maximum Gasteiger partial charge on any atom is 0.337 e. The minimum atomic E-state index is -3.89. The van der Waals surface area contributed by atoms with Crippen LogP contribution in [0.25, 0.3) is 0 Å². The van der Waals surface area contributed by atoms with Crippen molar-refractivity contribution in [2.75, 3.05) is 29.3 Å². The fraction of sp³-hybridized carbons (Fsp3) is 0.391. The molecule has 1 heterocycles. The summed E-state index contributed by atoms with van der Waals surface area (Å²) >= 11 is 0. The van der Waals surface area contributed by atoms with Crippen LogP contribution in [0.3, 0.4) is 0 Å². The van der Waals surface area contributed by atoms with E-state index in [9.17, 15) is 23.1 Å². The zero-order chi connectivity index (χ0) is 23.5. The zero-order valence-electron chi connectivity index (χ0n) is 18.4. The van der Waals surface area contributed by atoms with Gasteiger partial charge in [-0.05, 0) is 69.0 Å². The number of nitrogens with one attached hydrogen (secondary N) is 1. The Balaban J connectivity index is 1.89. The van der Waals surface area contributed by atoms with Gasteiger partial charge in [0.15, 0.2) is 0 Å².